The third-order valence-corrected chi connectivity index (χ3v) is 4.45. The molecule has 1 fully saturated rings. The zero-order chi connectivity index (χ0) is 15.7. The second kappa shape index (κ2) is 5.72. The van der Waals surface area contributed by atoms with E-state index in [-0.39, 0.29) is 11.8 Å². The van der Waals surface area contributed by atoms with Crippen LogP contribution in [-0.2, 0) is 11.0 Å². The fourth-order valence-corrected chi connectivity index (χ4v) is 2.92. The largest absolute Gasteiger partial charge is 0.416 e. The summed E-state index contributed by atoms with van der Waals surface area (Å²) in [6.45, 7) is 0. The average molecular weight is 326 g/mol. The molecule has 1 aliphatic carbocycles. The molecular formula is C15H13F3N2OS. The van der Waals surface area contributed by atoms with Crippen LogP contribution >= 0.6 is 11.3 Å². The highest BCUT2D eigenvalue weighted by molar-refractivity contribution is 7.14. The van der Waals surface area contributed by atoms with Crippen LogP contribution in [0.3, 0.4) is 0 Å². The van der Waals surface area contributed by atoms with Crippen LogP contribution in [0.15, 0.2) is 29.6 Å². The zero-order valence-electron chi connectivity index (χ0n) is 11.5. The minimum absolute atomic E-state index is 0.0425. The summed E-state index contributed by atoms with van der Waals surface area (Å²) < 4.78 is 38.2. The summed E-state index contributed by atoms with van der Waals surface area (Å²) in [4.78, 5) is 16.0. The molecule has 1 heterocycles. The monoisotopic (exact) mass is 326 g/mol. The summed E-state index contributed by atoms with van der Waals surface area (Å²) >= 11 is 1.21. The Morgan fingerprint density at radius 1 is 1.32 bits per heavy atom. The lowest BCUT2D eigenvalue weighted by Crippen LogP contribution is -2.27. The van der Waals surface area contributed by atoms with Crippen molar-refractivity contribution in [2.24, 2.45) is 5.92 Å². The van der Waals surface area contributed by atoms with Crippen molar-refractivity contribution >= 4 is 22.4 Å². The van der Waals surface area contributed by atoms with Crippen molar-refractivity contribution in [3.63, 3.8) is 0 Å². The lowest BCUT2D eigenvalue weighted by molar-refractivity contribution is -0.137. The van der Waals surface area contributed by atoms with Gasteiger partial charge in [-0.05, 0) is 25.0 Å². The number of carbonyl (C=O) groups is 1. The summed E-state index contributed by atoms with van der Waals surface area (Å²) in [6, 6.07) is 5.01. The Kier molecular flexibility index (Phi) is 3.90. The molecule has 22 heavy (non-hydrogen) atoms. The van der Waals surface area contributed by atoms with Gasteiger partial charge in [0.15, 0.2) is 5.13 Å². The lowest BCUT2D eigenvalue weighted by Gasteiger charge is -2.23. The van der Waals surface area contributed by atoms with Crippen LogP contribution in [0.1, 0.15) is 24.8 Å². The Morgan fingerprint density at radius 3 is 2.73 bits per heavy atom. The van der Waals surface area contributed by atoms with Gasteiger partial charge in [0, 0.05) is 16.9 Å². The first-order valence-electron chi connectivity index (χ1n) is 6.87. The number of hydrogen-bond acceptors (Lipinski definition) is 3. The normalized spacial score (nSPS) is 15.4. The number of alkyl halides is 3. The van der Waals surface area contributed by atoms with Crippen molar-refractivity contribution in [3.05, 3.63) is 35.2 Å². The molecule has 2 aromatic rings. The fraction of sp³-hybridized carbons (Fsp3) is 0.333. The number of hydrogen-bond donors (Lipinski definition) is 1. The summed E-state index contributed by atoms with van der Waals surface area (Å²) in [5.41, 5.74) is 0.105. The van der Waals surface area contributed by atoms with E-state index in [1.165, 1.54) is 17.4 Å². The molecule has 116 valence electrons. The molecule has 0 aliphatic heterocycles. The van der Waals surface area contributed by atoms with Gasteiger partial charge < -0.3 is 5.32 Å². The van der Waals surface area contributed by atoms with Gasteiger partial charge in [-0.2, -0.15) is 13.2 Å². The molecule has 7 heteroatoms. The topological polar surface area (TPSA) is 42.0 Å². The number of amides is 1. The molecule has 0 saturated heterocycles. The number of rotatable bonds is 3. The third kappa shape index (κ3) is 3.14. The highest BCUT2D eigenvalue weighted by atomic mass is 32.1. The molecule has 0 unspecified atom stereocenters. The van der Waals surface area contributed by atoms with Gasteiger partial charge >= 0.3 is 6.18 Å². The van der Waals surface area contributed by atoms with Crippen LogP contribution in [0.25, 0.3) is 11.3 Å². The number of nitrogens with one attached hydrogen (secondary N) is 1. The first-order chi connectivity index (χ1) is 10.4. The smallest absolute Gasteiger partial charge is 0.302 e. The van der Waals surface area contributed by atoms with Crippen LogP contribution in [0.5, 0.6) is 0 Å². The van der Waals surface area contributed by atoms with E-state index in [0.717, 1.165) is 31.4 Å². The molecule has 0 radical (unpaired) electrons. The van der Waals surface area contributed by atoms with E-state index in [0.29, 0.717) is 16.4 Å². The fourth-order valence-electron chi connectivity index (χ4n) is 2.20. The van der Waals surface area contributed by atoms with Crippen molar-refractivity contribution in [1.82, 2.24) is 4.98 Å². The second-order valence-electron chi connectivity index (χ2n) is 5.23. The van der Waals surface area contributed by atoms with Crippen LogP contribution in [0, 0.1) is 5.92 Å². The molecular weight excluding hydrogens is 313 g/mol. The molecule has 1 saturated carbocycles. The Bertz CT molecular complexity index is 692. The van der Waals surface area contributed by atoms with Crippen LogP contribution in [0.4, 0.5) is 18.3 Å². The van der Waals surface area contributed by atoms with E-state index >= 15 is 0 Å². The number of anilines is 1. The highest BCUT2D eigenvalue weighted by Gasteiger charge is 2.30. The van der Waals surface area contributed by atoms with Crippen LogP contribution in [0.2, 0.25) is 0 Å². The standard InChI is InChI=1S/C15H13F3N2OS/c16-15(17,18)11-6-2-5-10(7-11)12-8-22-14(19-12)20-13(21)9-3-1-4-9/h2,5-9H,1,3-4H2,(H,19,20,21). The van der Waals surface area contributed by atoms with E-state index in [2.05, 4.69) is 10.3 Å². The van der Waals surface area contributed by atoms with Crippen molar-refractivity contribution in [2.45, 2.75) is 25.4 Å². The average Bonchev–Trinajstić information content (AvgIpc) is 2.84. The number of halogens is 3. The van der Waals surface area contributed by atoms with Crippen LogP contribution < -0.4 is 5.32 Å². The van der Waals surface area contributed by atoms with E-state index in [1.54, 1.807) is 11.4 Å². The van der Waals surface area contributed by atoms with E-state index in [9.17, 15) is 18.0 Å². The third-order valence-electron chi connectivity index (χ3n) is 3.70. The quantitative estimate of drug-likeness (QED) is 0.898. The van der Waals surface area contributed by atoms with Crippen molar-refractivity contribution in [2.75, 3.05) is 5.32 Å². The number of aromatic nitrogens is 1. The Labute approximate surface area is 129 Å². The molecule has 1 N–H and O–H groups in total. The second-order valence-corrected chi connectivity index (χ2v) is 6.09. The van der Waals surface area contributed by atoms with Gasteiger partial charge in [-0.3, -0.25) is 4.79 Å². The maximum atomic E-state index is 12.7. The highest BCUT2D eigenvalue weighted by Crippen LogP contribution is 2.33. The van der Waals surface area contributed by atoms with Gasteiger partial charge in [-0.15, -0.1) is 11.3 Å². The first-order valence-corrected chi connectivity index (χ1v) is 7.75. The molecule has 1 aliphatic rings. The Balaban J connectivity index is 1.77. The van der Waals surface area contributed by atoms with E-state index in [4.69, 9.17) is 0 Å². The van der Waals surface area contributed by atoms with Crippen molar-refractivity contribution in [3.8, 4) is 11.3 Å². The molecule has 1 amide bonds. The maximum Gasteiger partial charge on any atom is 0.416 e. The summed E-state index contributed by atoms with van der Waals surface area (Å²) in [6.07, 6.45) is -1.55. The number of nitrogens with zero attached hydrogens (tertiary/aromatic N) is 1. The van der Waals surface area contributed by atoms with Gasteiger partial charge in [0.25, 0.3) is 0 Å². The number of thiazole rings is 1. The summed E-state index contributed by atoms with van der Waals surface area (Å²) in [5.74, 6) is -0.0166. The van der Waals surface area contributed by atoms with Crippen LogP contribution in [-0.4, -0.2) is 10.9 Å². The minimum Gasteiger partial charge on any atom is -0.302 e. The molecule has 1 aromatic carbocycles. The Hall–Kier alpha value is -1.89. The molecule has 3 nitrogen and oxygen atoms in total. The van der Waals surface area contributed by atoms with Gasteiger partial charge in [0.05, 0.1) is 11.3 Å². The molecule has 3 rings (SSSR count). The molecule has 1 aromatic heterocycles. The summed E-state index contributed by atoms with van der Waals surface area (Å²) in [7, 11) is 0. The first kappa shape index (κ1) is 15.0. The number of carbonyl (C=O) groups excluding carboxylic acids is 1. The number of benzene rings is 1. The van der Waals surface area contributed by atoms with E-state index in [1.807, 2.05) is 0 Å². The predicted molar refractivity (Wildman–Crippen MR) is 78.5 cm³/mol. The minimum atomic E-state index is -4.38. The van der Waals surface area contributed by atoms with Crippen molar-refractivity contribution < 1.29 is 18.0 Å². The van der Waals surface area contributed by atoms with Gasteiger partial charge in [0.1, 0.15) is 0 Å². The van der Waals surface area contributed by atoms with Crippen molar-refractivity contribution in [1.29, 1.82) is 0 Å². The predicted octanol–water partition coefficient (Wildman–Crippen LogP) is 4.57. The molecule has 0 bridgehead atoms. The van der Waals surface area contributed by atoms with Gasteiger partial charge in [-0.1, -0.05) is 18.6 Å². The molecule has 0 spiro atoms. The maximum absolute atomic E-state index is 12.7. The zero-order valence-corrected chi connectivity index (χ0v) is 12.3. The van der Waals surface area contributed by atoms with Gasteiger partial charge in [0.2, 0.25) is 5.91 Å². The SMILES string of the molecule is O=C(Nc1nc(-c2cccc(C(F)(F)F)c2)cs1)C1CCC1. The van der Waals surface area contributed by atoms with Gasteiger partial charge in [-0.25, -0.2) is 4.98 Å². The van der Waals surface area contributed by atoms with E-state index < -0.39 is 11.7 Å². The molecule has 0 atom stereocenters. The summed E-state index contributed by atoms with van der Waals surface area (Å²) in [5, 5.41) is 4.79. The Morgan fingerprint density at radius 2 is 2.09 bits per heavy atom. The lowest BCUT2D eigenvalue weighted by atomic mass is 9.85.